The Morgan fingerprint density at radius 1 is 1.04 bits per heavy atom. The van der Waals surface area contributed by atoms with E-state index < -0.39 is 5.72 Å². The second kappa shape index (κ2) is 7.47. The Bertz CT molecular complexity index is 891. The highest BCUT2D eigenvalue weighted by Gasteiger charge is 2.52. The number of aryl methyl sites for hydroxylation is 1. The summed E-state index contributed by atoms with van der Waals surface area (Å²) in [7, 11) is 3.25. The fraction of sp³-hybridized carbons (Fsp3) is 0.435. The molecular formula is C23H29N2O3+. The van der Waals surface area contributed by atoms with Crippen molar-refractivity contribution in [3.63, 3.8) is 0 Å². The highest BCUT2D eigenvalue weighted by molar-refractivity contribution is 5.96. The van der Waals surface area contributed by atoms with Crippen LogP contribution >= 0.6 is 0 Å². The van der Waals surface area contributed by atoms with E-state index in [1.165, 1.54) is 11.4 Å². The Kier molecular flexibility index (Phi) is 5.02. The minimum atomic E-state index is -1.08. The van der Waals surface area contributed by atoms with Crippen molar-refractivity contribution in [2.75, 3.05) is 32.2 Å². The van der Waals surface area contributed by atoms with E-state index in [9.17, 15) is 5.11 Å². The molecule has 0 unspecified atom stereocenters. The van der Waals surface area contributed by atoms with Gasteiger partial charge in [0.15, 0.2) is 18.0 Å². The highest BCUT2D eigenvalue weighted by Crippen LogP contribution is 2.39. The average molecular weight is 381 g/mol. The van der Waals surface area contributed by atoms with Gasteiger partial charge >= 0.3 is 0 Å². The molecule has 0 amide bonds. The standard InChI is InChI=1S/C23H29N2O3/c1-4-17-8-11-19(12-9-17)24-16-23(26,25-14-6-5-7-22(24)25)18-10-13-20(27-2)21(15-18)28-3/h8-13,15,26H,4-7,14,16H2,1-3H3/q+1/t23-/m0/s1. The first-order chi connectivity index (χ1) is 13.6. The molecule has 148 valence electrons. The van der Waals surface area contributed by atoms with Gasteiger partial charge in [-0.3, -0.25) is 0 Å². The minimum Gasteiger partial charge on any atom is -0.493 e. The monoisotopic (exact) mass is 381 g/mol. The molecule has 1 N–H and O–H groups in total. The van der Waals surface area contributed by atoms with Crippen molar-refractivity contribution < 1.29 is 19.2 Å². The molecule has 2 aromatic carbocycles. The number of amidine groups is 1. The lowest BCUT2D eigenvalue weighted by Gasteiger charge is -2.25. The van der Waals surface area contributed by atoms with Crippen molar-refractivity contribution in [2.24, 2.45) is 0 Å². The number of aliphatic hydroxyl groups is 1. The molecule has 0 aromatic heterocycles. The Morgan fingerprint density at radius 2 is 1.79 bits per heavy atom. The van der Waals surface area contributed by atoms with Crippen LogP contribution in [0.25, 0.3) is 0 Å². The zero-order valence-electron chi connectivity index (χ0n) is 16.9. The van der Waals surface area contributed by atoms with Crippen LogP contribution in [-0.2, 0) is 12.1 Å². The molecule has 1 atom stereocenters. The van der Waals surface area contributed by atoms with E-state index in [1.54, 1.807) is 14.2 Å². The van der Waals surface area contributed by atoms with Gasteiger partial charge in [0.25, 0.3) is 11.6 Å². The molecule has 0 spiro atoms. The van der Waals surface area contributed by atoms with Gasteiger partial charge in [-0.25, -0.2) is 9.48 Å². The summed E-state index contributed by atoms with van der Waals surface area (Å²) >= 11 is 0. The number of nitrogens with zero attached hydrogens (tertiary/aromatic N) is 2. The van der Waals surface area contributed by atoms with Crippen LogP contribution in [0.2, 0.25) is 0 Å². The number of rotatable bonds is 5. The number of β-amino-alcohol motifs (C(OH)–C–C–N with tert-alkyl or cyclic N) is 1. The Morgan fingerprint density at radius 3 is 2.46 bits per heavy atom. The normalized spacial score (nSPS) is 21.6. The SMILES string of the molecule is CCc1ccc(N2C[C@](O)(c3ccc(OC)c(OC)c3)[N+]3=C2CCCC3)cc1. The van der Waals surface area contributed by atoms with Gasteiger partial charge in [-0.05, 0) is 55.2 Å². The second-order valence-electron chi connectivity index (χ2n) is 7.52. The summed E-state index contributed by atoms with van der Waals surface area (Å²) in [5.74, 6) is 2.51. The molecule has 0 saturated heterocycles. The molecule has 4 rings (SSSR count). The van der Waals surface area contributed by atoms with Crippen LogP contribution in [0.1, 0.15) is 37.3 Å². The van der Waals surface area contributed by atoms with Crippen LogP contribution in [0.5, 0.6) is 11.5 Å². The first kappa shape index (κ1) is 18.8. The maximum atomic E-state index is 11.8. The molecule has 2 heterocycles. The molecule has 28 heavy (non-hydrogen) atoms. The van der Waals surface area contributed by atoms with Gasteiger partial charge in [-0.2, -0.15) is 0 Å². The molecule has 5 nitrogen and oxygen atoms in total. The number of ether oxygens (including phenoxy) is 2. The molecular weight excluding hydrogens is 352 g/mol. The van der Waals surface area contributed by atoms with E-state index in [1.807, 2.05) is 18.2 Å². The number of anilines is 1. The lowest BCUT2D eigenvalue weighted by atomic mass is 10.0. The van der Waals surface area contributed by atoms with Crippen molar-refractivity contribution in [1.29, 1.82) is 0 Å². The molecule has 0 radical (unpaired) electrons. The van der Waals surface area contributed by atoms with Crippen LogP contribution in [-0.4, -0.2) is 42.8 Å². The van der Waals surface area contributed by atoms with Crippen LogP contribution in [0.15, 0.2) is 42.5 Å². The zero-order valence-corrected chi connectivity index (χ0v) is 16.9. The van der Waals surface area contributed by atoms with E-state index in [0.717, 1.165) is 43.5 Å². The molecule has 5 heteroatoms. The smallest absolute Gasteiger partial charge is 0.271 e. The van der Waals surface area contributed by atoms with Crippen molar-refractivity contribution in [2.45, 2.75) is 38.3 Å². The number of hydrogen-bond donors (Lipinski definition) is 1. The number of benzene rings is 2. The number of hydrogen-bond acceptors (Lipinski definition) is 4. The predicted octanol–water partition coefficient (Wildman–Crippen LogP) is 3.53. The summed E-state index contributed by atoms with van der Waals surface area (Å²) in [6, 6.07) is 14.4. The van der Waals surface area contributed by atoms with Gasteiger partial charge in [-0.15, -0.1) is 0 Å². The third-order valence-corrected chi connectivity index (χ3v) is 5.98. The summed E-state index contributed by atoms with van der Waals surface area (Å²) in [6.45, 7) is 3.52. The molecule has 2 aliphatic rings. The van der Waals surface area contributed by atoms with Crippen molar-refractivity contribution >= 4 is 11.5 Å². The summed E-state index contributed by atoms with van der Waals surface area (Å²) in [5, 5.41) is 11.8. The quantitative estimate of drug-likeness (QED) is 0.805. The van der Waals surface area contributed by atoms with Gasteiger partial charge in [0.2, 0.25) is 0 Å². The lowest BCUT2D eigenvalue weighted by Crippen LogP contribution is -2.41. The van der Waals surface area contributed by atoms with Crippen LogP contribution in [0.3, 0.4) is 0 Å². The fourth-order valence-corrected chi connectivity index (χ4v) is 4.38. The van der Waals surface area contributed by atoms with Crippen molar-refractivity contribution in [1.82, 2.24) is 0 Å². The highest BCUT2D eigenvalue weighted by atomic mass is 16.5. The van der Waals surface area contributed by atoms with Gasteiger partial charge in [-0.1, -0.05) is 19.1 Å². The van der Waals surface area contributed by atoms with E-state index in [0.29, 0.717) is 18.0 Å². The van der Waals surface area contributed by atoms with E-state index in [-0.39, 0.29) is 0 Å². The van der Waals surface area contributed by atoms with E-state index in [4.69, 9.17) is 9.47 Å². The summed E-state index contributed by atoms with van der Waals surface area (Å²) in [6.07, 6.45) is 4.24. The Balaban J connectivity index is 1.76. The molecule has 0 bridgehead atoms. The van der Waals surface area contributed by atoms with Crippen molar-refractivity contribution in [3.8, 4) is 11.5 Å². The van der Waals surface area contributed by atoms with E-state index >= 15 is 0 Å². The molecule has 2 aliphatic heterocycles. The van der Waals surface area contributed by atoms with Gasteiger partial charge < -0.3 is 14.6 Å². The summed E-state index contributed by atoms with van der Waals surface area (Å²) in [5.41, 5.74) is 2.20. The molecule has 0 fully saturated rings. The topological polar surface area (TPSA) is 44.9 Å². The van der Waals surface area contributed by atoms with Crippen LogP contribution in [0.4, 0.5) is 5.69 Å². The van der Waals surface area contributed by atoms with E-state index in [2.05, 4.69) is 40.7 Å². The minimum absolute atomic E-state index is 0.503. The van der Waals surface area contributed by atoms with Crippen molar-refractivity contribution in [3.05, 3.63) is 53.6 Å². The number of methoxy groups -OCH3 is 2. The Hall–Kier alpha value is -2.53. The fourth-order valence-electron chi connectivity index (χ4n) is 4.38. The van der Waals surface area contributed by atoms with Gasteiger partial charge in [0.05, 0.1) is 20.8 Å². The van der Waals surface area contributed by atoms with Gasteiger partial charge in [0, 0.05) is 12.0 Å². The lowest BCUT2D eigenvalue weighted by molar-refractivity contribution is -0.661. The first-order valence-corrected chi connectivity index (χ1v) is 10.1. The molecule has 0 saturated carbocycles. The average Bonchev–Trinajstić information content (AvgIpc) is 3.07. The third kappa shape index (κ3) is 3.04. The maximum absolute atomic E-state index is 11.8. The molecule has 0 aliphatic carbocycles. The first-order valence-electron chi connectivity index (χ1n) is 10.1. The maximum Gasteiger partial charge on any atom is 0.271 e. The zero-order chi connectivity index (χ0) is 19.7. The summed E-state index contributed by atoms with van der Waals surface area (Å²) in [4.78, 5) is 2.27. The predicted molar refractivity (Wildman–Crippen MR) is 111 cm³/mol. The third-order valence-electron chi connectivity index (χ3n) is 5.98. The van der Waals surface area contributed by atoms with Crippen LogP contribution in [0, 0.1) is 0 Å². The molecule has 2 aromatic rings. The Labute approximate surface area is 166 Å². The second-order valence-corrected chi connectivity index (χ2v) is 7.52. The summed E-state index contributed by atoms with van der Waals surface area (Å²) < 4.78 is 13.0. The van der Waals surface area contributed by atoms with Gasteiger partial charge in [0.1, 0.15) is 5.69 Å². The largest absolute Gasteiger partial charge is 0.493 e. The van der Waals surface area contributed by atoms with Crippen LogP contribution < -0.4 is 14.4 Å².